The van der Waals surface area contributed by atoms with Crippen LogP contribution in [0.2, 0.25) is 0 Å². The molecule has 0 aliphatic heterocycles. The van der Waals surface area contributed by atoms with Gasteiger partial charge in [-0.15, -0.1) is 0 Å². The first kappa shape index (κ1) is 21.3. The summed E-state index contributed by atoms with van der Waals surface area (Å²) in [5, 5.41) is 2.79. The minimum absolute atomic E-state index is 0.0939. The lowest BCUT2D eigenvalue weighted by molar-refractivity contribution is -0.118. The van der Waals surface area contributed by atoms with Gasteiger partial charge in [0.25, 0.3) is 5.91 Å². The van der Waals surface area contributed by atoms with Crippen LogP contribution in [0.3, 0.4) is 0 Å². The van der Waals surface area contributed by atoms with Gasteiger partial charge >= 0.3 is 0 Å². The molecule has 0 aliphatic carbocycles. The number of carbonyl (C=O) groups is 1. The van der Waals surface area contributed by atoms with E-state index in [0.29, 0.717) is 5.75 Å². The summed E-state index contributed by atoms with van der Waals surface area (Å²) in [7, 11) is 0. The highest BCUT2D eigenvalue weighted by atomic mass is 79.9. The molecule has 0 atom stereocenters. The number of ether oxygens (including phenoxy) is 1. The van der Waals surface area contributed by atoms with E-state index in [1.165, 1.54) is 5.56 Å². The van der Waals surface area contributed by atoms with E-state index in [1.807, 2.05) is 54.6 Å². The highest BCUT2D eigenvalue weighted by Gasteiger charge is 2.11. The zero-order chi connectivity index (χ0) is 20.6. The molecule has 0 bridgehead atoms. The molecule has 0 fully saturated rings. The third-order valence-corrected chi connectivity index (χ3v) is 5.31. The first-order valence-corrected chi connectivity index (χ1v) is 10.7. The molecule has 0 radical (unpaired) electrons. The van der Waals surface area contributed by atoms with Gasteiger partial charge in [-0.3, -0.25) is 9.79 Å². The zero-order valence-electron chi connectivity index (χ0n) is 15.9. The molecule has 0 unspecified atom stereocenters. The molecule has 0 spiro atoms. The maximum absolute atomic E-state index is 12.1. The molecule has 3 aromatic rings. The predicted octanol–water partition coefficient (Wildman–Crippen LogP) is 6.54. The van der Waals surface area contributed by atoms with Gasteiger partial charge in [0.15, 0.2) is 6.61 Å². The van der Waals surface area contributed by atoms with Gasteiger partial charge in [0.2, 0.25) is 0 Å². The quantitative estimate of drug-likeness (QED) is 0.363. The third kappa shape index (κ3) is 6.27. The summed E-state index contributed by atoms with van der Waals surface area (Å²) < 4.78 is 7.17. The smallest absolute Gasteiger partial charge is 0.262 e. The number of hydrogen-bond acceptors (Lipinski definition) is 3. The molecule has 0 saturated carbocycles. The largest absolute Gasteiger partial charge is 0.481 e. The van der Waals surface area contributed by atoms with Gasteiger partial charge in [0, 0.05) is 11.9 Å². The van der Waals surface area contributed by atoms with E-state index in [-0.39, 0.29) is 12.5 Å². The van der Waals surface area contributed by atoms with Crippen LogP contribution in [0, 0.1) is 0 Å². The average Bonchev–Trinajstić information content (AvgIpc) is 2.72. The van der Waals surface area contributed by atoms with Crippen LogP contribution >= 0.6 is 31.9 Å². The Morgan fingerprint density at radius 2 is 1.69 bits per heavy atom. The molecule has 0 saturated heterocycles. The first-order valence-electron chi connectivity index (χ1n) is 9.15. The Labute approximate surface area is 187 Å². The Morgan fingerprint density at radius 3 is 2.31 bits per heavy atom. The van der Waals surface area contributed by atoms with Gasteiger partial charge in [-0.05, 0) is 85.8 Å². The molecule has 148 valence electrons. The highest BCUT2D eigenvalue weighted by molar-refractivity contribution is 9.11. The first-order chi connectivity index (χ1) is 14.0. The van der Waals surface area contributed by atoms with Crippen molar-refractivity contribution in [2.24, 2.45) is 4.99 Å². The number of aryl methyl sites for hydroxylation is 1. The molecule has 4 nitrogen and oxygen atoms in total. The van der Waals surface area contributed by atoms with Crippen molar-refractivity contribution < 1.29 is 9.53 Å². The topological polar surface area (TPSA) is 50.7 Å². The van der Waals surface area contributed by atoms with Crippen LogP contribution in [0.15, 0.2) is 80.7 Å². The van der Waals surface area contributed by atoms with Gasteiger partial charge in [0.05, 0.1) is 14.6 Å². The SMILES string of the molecule is CCc1ccc(N=Cc2cc(Br)c(OCC(=O)Nc3ccccc3)c(Br)c2)cc1. The highest BCUT2D eigenvalue weighted by Crippen LogP contribution is 2.34. The number of hydrogen-bond donors (Lipinski definition) is 1. The van der Waals surface area contributed by atoms with Crippen LogP contribution in [0.25, 0.3) is 0 Å². The molecule has 3 aromatic carbocycles. The summed E-state index contributed by atoms with van der Waals surface area (Å²) in [5.41, 5.74) is 3.82. The van der Waals surface area contributed by atoms with Crippen LogP contribution in [0.5, 0.6) is 5.75 Å². The molecule has 0 aliphatic rings. The van der Waals surface area contributed by atoms with E-state index < -0.39 is 0 Å². The summed E-state index contributed by atoms with van der Waals surface area (Å²) in [6, 6.07) is 21.2. The number of nitrogens with zero attached hydrogens (tertiary/aromatic N) is 1. The van der Waals surface area contributed by atoms with Crippen LogP contribution in [0.1, 0.15) is 18.1 Å². The summed E-state index contributed by atoms with van der Waals surface area (Å²) in [6.07, 6.45) is 2.80. The number of nitrogens with one attached hydrogen (secondary N) is 1. The second-order valence-electron chi connectivity index (χ2n) is 6.29. The molecule has 0 aromatic heterocycles. The molecule has 3 rings (SSSR count). The second kappa shape index (κ2) is 10.4. The van der Waals surface area contributed by atoms with Gasteiger partial charge in [-0.25, -0.2) is 0 Å². The standard InChI is InChI=1S/C23H20Br2N2O2/c1-2-16-8-10-18(11-9-16)26-14-17-12-20(24)23(21(25)13-17)29-15-22(28)27-19-6-4-3-5-7-19/h3-14H,2,15H2,1H3,(H,27,28). The zero-order valence-corrected chi connectivity index (χ0v) is 19.0. The number of benzene rings is 3. The predicted molar refractivity (Wildman–Crippen MR) is 125 cm³/mol. The normalized spacial score (nSPS) is 10.9. The van der Waals surface area contributed by atoms with Crippen LogP contribution < -0.4 is 10.1 Å². The van der Waals surface area contributed by atoms with Crippen molar-refractivity contribution in [3.63, 3.8) is 0 Å². The van der Waals surface area contributed by atoms with Crippen LogP contribution in [-0.4, -0.2) is 18.7 Å². The van der Waals surface area contributed by atoms with E-state index >= 15 is 0 Å². The van der Waals surface area contributed by atoms with Crippen molar-refractivity contribution in [1.82, 2.24) is 0 Å². The Morgan fingerprint density at radius 1 is 1.03 bits per heavy atom. The maximum atomic E-state index is 12.1. The van der Waals surface area contributed by atoms with Gasteiger partial charge in [-0.2, -0.15) is 0 Å². The monoisotopic (exact) mass is 514 g/mol. The Bertz CT molecular complexity index is 980. The summed E-state index contributed by atoms with van der Waals surface area (Å²) >= 11 is 7.02. The third-order valence-electron chi connectivity index (χ3n) is 4.13. The molecule has 29 heavy (non-hydrogen) atoms. The van der Waals surface area contributed by atoms with Crippen molar-refractivity contribution in [2.75, 3.05) is 11.9 Å². The molecule has 1 amide bonds. The fraction of sp³-hybridized carbons (Fsp3) is 0.130. The van der Waals surface area contributed by atoms with Crippen molar-refractivity contribution in [1.29, 1.82) is 0 Å². The molecular formula is C23H20Br2N2O2. The van der Waals surface area contributed by atoms with E-state index in [9.17, 15) is 4.79 Å². The lowest BCUT2D eigenvalue weighted by Crippen LogP contribution is -2.20. The van der Waals surface area contributed by atoms with Crippen molar-refractivity contribution in [2.45, 2.75) is 13.3 Å². The van der Waals surface area contributed by atoms with Gasteiger partial charge in [0.1, 0.15) is 5.75 Å². The molecule has 6 heteroatoms. The second-order valence-corrected chi connectivity index (χ2v) is 8.00. The van der Waals surface area contributed by atoms with E-state index in [0.717, 1.165) is 32.3 Å². The number of anilines is 1. The summed E-state index contributed by atoms with van der Waals surface area (Å²) in [4.78, 5) is 16.6. The molecule has 0 heterocycles. The van der Waals surface area contributed by atoms with E-state index in [2.05, 4.69) is 61.2 Å². The Kier molecular flexibility index (Phi) is 7.61. The van der Waals surface area contributed by atoms with Crippen molar-refractivity contribution in [3.05, 3.63) is 86.8 Å². The van der Waals surface area contributed by atoms with Crippen molar-refractivity contribution in [3.8, 4) is 5.75 Å². The molecule has 1 N–H and O–H groups in total. The maximum Gasteiger partial charge on any atom is 0.262 e. The Hall–Kier alpha value is -2.44. The lowest BCUT2D eigenvalue weighted by atomic mass is 10.1. The fourth-order valence-corrected chi connectivity index (χ4v) is 4.07. The lowest BCUT2D eigenvalue weighted by Gasteiger charge is -2.11. The minimum Gasteiger partial charge on any atom is -0.481 e. The summed E-state index contributed by atoms with van der Waals surface area (Å²) in [5.74, 6) is 0.342. The van der Waals surface area contributed by atoms with E-state index in [4.69, 9.17) is 4.74 Å². The van der Waals surface area contributed by atoms with Gasteiger partial charge < -0.3 is 10.1 Å². The number of aliphatic imine (C=N–C) groups is 1. The average molecular weight is 516 g/mol. The number of carbonyl (C=O) groups excluding carboxylic acids is 1. The van der Waals surface area contributed by atoms with Crippen molar-refractivity contribution >= 4 is 55.4 Å². The Balaban J connectivity index is 1.63. The number of amides is 1. The molecular weight excluding hydrogens is 496 g/mol. The minimum atomic E-state index is -0.226. The fourth-order valence-electron chi connectivity index (χ4n) is 2.61. The summed E-state index contributed by atoms with van der Waals surface area (Å²) in [6.45, 7) is 2.03. The number of halogens is 2. The van der Waals surface area contributed by atoms with Crippen LogP contribution in [-0.2, 0) is 11.2 Å². The number of rotatable bonds is 7. The number of para-hydroxylation sites is 1. The van der Waals surface area contributed by atoms with Gasteiger partial charge in [-0.1, -0.05) is 37.3 Å². The van der Waals surface area contributed by atoms with Crippen LogP contribution in [0.4, 0.5) is 11.4 Å². The van der Waals surface area contributed by atoms with E-state index in [1.54, 1.807) is 6.21 Å².